The van der Waals surface area contributed by atoms with E-state index in [-0.39, 0.29) is 5.69 Å². The van der Waals surface area contributed by atoms with Crippen molar-refractivity contribution in [3.63, 3.8) is 0 Å². The summed E-state index contributed by atoms with van der Waals surface area (Å²) in [5.74, 6) is 2.27. The number of anilines is 1. The zero-order valence-corrected chi connectivity index (χ0v) is 7.27. The second-order valence-electron chi connectivity index (χ2n) is 2.55. The molecule has 15 heavy (non-hydrogen) atoms. The normalized spacial score (nSPS) is 9.73. The largest absolute Gasteiger partial charge is 0.393 e. The van der Waals surface area contributed by atoms with Crippen molar-refractivity contribution in [3.8, 4) is 0 Å². The first-order valence-corrected chi connectivity index (χ1v) is 3.62. The van der Waals surface area contributed by atoms with Gasteiger partial charge in [0.25, 0.3) is 5.69 Å². The van der Waals surface area contributed by atoms with Crippen LogP contribution in [0.15, 0.2) is 12.1 Å². The smallest absolute Gasteiger partial charge is 0.359 e. The Morgan fingerprint density at radius 3 is 2.60 bits per heavy atom. The minimum atomic E-state index is -1.21. The molecule has 4 N–H and O–H groups in total. The molecule has 0 aliphatic heterocycles. The van der Waals surface area contributed by atoms with Crippen LogP contribution in [0, 0.1) is 15.9 Å². The number of halogens is 1. The maximum Gasteiger partial charge on any atom is 0.359 e. The van der Waals surface area contributed by atoms with Crippen LogP contribution in [0.25, 0.3) is 0 Å². The maximum atomic E-state index is 13.1. The van der Waals surface area contributed by atoms with E-state index in [2.05, 4.69) is 10.7 Å². The van der Waals surface area contributed by atoms with Gasteiger partial charge < -0.3 is 10.6 Å². The fraction of sp³-hybridized carbons (Fsp3) is 0. The molecule has 1 aromatic carbocycles. The zero-order chi connectivity index (χ0) is 11.6. The second kappa shape index (κ2) is 3.88. The Balaban J connectivity index is 3.36. The third-order valence-corrected chi connectivity index (χ3v) is 1.64. The monoisotopic (exact) mass is 215 g/mol. The number of carbonyl (C=O) groups is 1. The molecule has 1 aromatic rings. The Bertz CT molecular complexity index is 434. The van der Waals surface area contributed by atoms with E-state index in [1.165, 1.54) is 0 Å². The van der Waals surface area contributed by atoms with E-state index >= 15 is 0 Å². The summed E-state index contributed by atoms with van der Waals surface area (Å²) in [7, 11) is 0. The van der Waals surface area contributed by atoms with Crippen LogP contribution in [0.3, 0.4) is 0 Å². The molecule has 0 bridgehead atoms. The van der Waals surface area contributed by atoms with E-state index in [1.54, 1.807) is 0 Å². The minimum Gasteiger partial charge on any atom is -0.393 e. The quantitative estimate of drug-likeness (QED) is 0.417. The highest BCUT2D eigenvalue weighted by Gasteiger charge is 2.21. The molecular weight excluding hydrogens is 209 g/mol. The van der Waals surface area contributed by atoms with Gasteiger partial charge in [-0.15, -0.1) is 0 Å². The Hall–Kier alpha value is -2.22. The summed E-state index contributed by atoms with van der Waals surface area (Å²) in [6.07, 6.45) is 0. The summed E-state index contributed by atoms with van der Waals surface area (Å²) < 4.78 is 13.1. The van der Waals surface area contributed by atoms with Crippen LogP contribution in [0.1, 0.15) is 10.4 Å². The Kier molecular flexibility index (Phi) is 2.81. The predicted octanol–water partition coefficient (Wildman–Crippen LogP) is 0.347. The Morgan fingerprint density at radius 2 is 2.13 bits per heavy atom. The van der Waals surface area contributed by atoms with Gasteiger partial charge in [-0.05, 0) is 0 Å². The van der Waals surface area contributed by atoms with E-state index in [9.17, 15) is 19.3 Å². The summed E-state index contributed by atoms with van der Waals surface area (Å²) in [4.78, 5) is 24.2. The maximum absolute atomic E-state index is 13.1. The van der Waals surface area contributed by atoms with Gasteiger partial charge in [0.15, 0.2) is 0 Å². The molecule has 0 saturated carbocycles. The lowest BCUT2D eigenvalue weighted by atomic mass is 10.1. The van der Waals surface area contributed by atoms with Gasteiger partial charge in [0.2, 0.25) is 0 Å². The van der Waals surface area contributed by atoms with Crippen LogP contribution in [-0.4, -0.2) is 10.9 Å². The second-order valence-corrected chi connectivity index (χ2v) is 2.55. The van der Waals surface area contributed by atoms with Gasteiger partial charge in [-0.25, -0.2) is 9.18 Å². The molecule has 7 nitrogen and oxygen atoms in total. The van der Waals surface area contributed by atoms with Gasteiger partial charge in [-0.2, -0.15) is 5.90 Å². The lowest BCUT2D eigenvalue weighted by molar-refractivity contribution is -0.384. The Labute approximate surface area is 82.5 Å². The third-order valence-electron chi connectivity index (χ3n) is 1.64. The number of carbonyl (C=O) groups excluding carboxylic acids is 1. The van der Waals surface area contributed by atoms with Crippen LogP contribution in [-0.2, 0) is 4.84 Å². The number of nitrogen functional groups attached to an aromatic ring is 1. The van der Waals surface area contributed by atoms with Crippen molar-refractivity contribution in [2.24, 2.45) is 5.90 Å². The van der Waals surface area contributed by atoms with Gasteiger partial charge in [-0.1, -0.05) is 0 Å². The number of nitrogens with two attached hydrogens (primary N) is 2. The molecule has 0 aliphatic carbocycles. The van der Waals surface area contributed by atoms with Crippen LogP contribution in [0.2, 0.25) is 0 Å². The van der Waals surface area contributed by atoms with Gasteiger partial charge in [0.05, 0.1) is 4.92 Å². The number of nitro groups is 1. The lowest BCUT2D eigenvalue weighted by Crippen LogP contribution is -2.13. The van der Waals surface area contributed by atoms with Crippen molar-refractivity contribution in [3.05, 3.63) is 33.6 Å². The van der Waals surface area contributed by atoms with Crippen molar-refractivity contribution < 1.29 is 18.9 Å². The molecule has 0 saturated heterocycles. The van der Waals surface area contributed by atoms with Crippen molar-refractivity contribution in [1.82, 2.24) is 0 Å². The average molecular weight is 215 g/mol. The average Bonchev–Trinajstić information content (AvgIpc) is 2.16. The van der Waals surface area contributed by atoms with E-state index in [1.807, 2.05) is 0 Å². The van der Waals surface area contributed by atoms with Gasteiger partial charge in [-0.3, -0.25) is 10.1 Å². The molecule has 8 heteroatoms. The first kappa shape index (κ1) is 10.9. The number of nitrogens with zero attached hydrogens (tertiary/aromatic N) is 1. The van der Waals surface area contributed by atoms with Crippen molar-refractivity contribution in [2.75, 3.05) is 5.73 Å². The molecule has 0 aliphatic rings. The molecule has 0 spiro atoms. The van der Waals surface area contributed by atoms with Crippen LogP contribution in [0.4, 0.5) is 15.8 Å². The minimum absolute atomic E-state index is 0.383. The van der Waals surface area contributed by atoms with E-state index < -0.39 is 28.0 Å². The first-order valence-electron chi connectivity index (χ1n) is 3.62. The van der Waals surface area contributed by atoms with Crippen LogP contribution < -0.4 is 11.6 Å². The standard InChI is InChI=1S/C7H6FN3O4/c8-4-2-5(9)6(11(13)14)1-3(4)7(12)15-10/h1-2H,9-10H2. The fourth-order valence-corrected chi connectivity index (χ4v) is 0.955. The van der Waals surface area contributed by atoms with Crippen molar-refractivity contribution >= 4 is 17.3 Å². The molecule has 0 unspecified atom stereocenters. The van der Waals surface area contributed by atoms with Gasteiger partial charge in [0.1, 0.15) is 17.1 Å². The number of nitro benzene ring substituents is 1. The summed E-state index contributed by atoms with van der Waals surface area (Å²) >= 11 is 0. The van der Waals surface area contributed by atoms with E-state index in [0.29, 0.717) is 12.1 Å². The summed E-state index contributed by atoms with van der Waals surface area (Å²) in [5.41, 5.74) is 3.56. The van der Waals surface area contributed by atoms with Crippen LogP contribution >= 0.6 is 0 Å². The van der Waals surface area contributed by atoms with Crippen molar-refractivity contribution in [2.45, 2.75) is 0 Å². The van der Waals surface area contributed by atoms with Gasteiger partial charge >= 0.3 is 5.97 Å². The summed E-state index contributed by atoms with van der Waals surface area (Å²) in [5, 5.41) is 10.4. The highest BCUT2D eigenvalue weighted by Crippen LogP contribution is 2.25. The molecule has 0 heterocycles. The van der Waals surface area contributed by atoms with Gasteiger partial charge in [0, 0.05) is 12.1 Å². The molecule has 0 radical (unpaired) electrons. The molecule has 1 rings (SSSR count). The number of hydrogen-bond donors (Lipinski definition) is 2. The SMILES string of the molecule is NOC(=O)c1cc([N+](=O)[O-])c(N)cc1F. The molecule has 80 valence electrons. The zero-order valence-electron chi connectivity index (χ0n) is 7.27. The highest BCUT2D eigenvalue weighted by molar-refractivity contribution is 5.91. The van der Waals surface area contributed by atoms with E-state index in [0.717, 1.165) is 0 Å². The summed E-state index contributed by atoms with van der Waals surface area (Å²) in [6, 6.07) is 1.32. The molecule has 0 aromatic heterocycles. The number of hydrogen-bond acceptors (Lipinski definition) is 6. The topological polar surface area (TPSA) is 121 Å². The molecular formula is C7H6FN3O4. The predicted molar refractivity (Wildman–Crippen MR) is 47.1 cm³/mol. The first-order chi connectivity index (χ1) is 6.97. The molecule has 0 atom stereocenters. The van der Waals surface area contributed by atoms with Crippen molar-refractivity contribution in [1.29, 1.82) is 0 Å². The third kappa shape index (κ3) is 1.99. The number of rotatable bonds is 2. The molecule has 0 fully saturated rings. The summed E-state index contributed by atoms with van der Waals surface area (Å²) in [6.45, 7) is 0. The highest BCUT2D eigenvalue weighted by atomic mass is 19.1. The molecule has 0 amide bonds. The van der Waals surface area contributed by atoms with Crippen LogP contribution in [0.5, 0.6) is 0 Å². The lowest BCUT2D eigenvalue weighted by Gasteiger charge is -2.02. The Morgan fingerprint density at radius 1 is 1.53 bits per heavy atom. The van der Waals surface area contributed by atoms with E-state index in [4.69, 9.17) is 5.73 Å². The fourth-order valence-electron chi connectivity index (χ4n) is 0.955. The number of benzene rings is 1.